The average molecular weight is 414 g/mol. The molecule has 2 aromatic carbocycles. The Morgan fingerprint density at radius 1 is 1.03 bits per heavy atom. The van der Waals surface area contributed by atoms with Gasteiger partial charge in [0.05, 0.1) is 5.56 Å². The van der Waals surface area contributed by atoms with E-state index in [-0.39, 0.29) is 5.56 Å². The number of hydrogen-bond donors (Lipinski definition) is 3. The van der Waals surface area contributed by atoms with Gasteiger partial charge in [-0.1, -0.05) is 12.1 Å². The molecule has 0 aliphatic carbocycles. The van der Waals surface area contributed by atoms with Crippen LogP contribution in [0.1, 0.15) is 15.9 Å². The van der Waals surface area contributed by atoms with Crippen LogP contribution in [0.4, 0.5) is 18.9 Å². The Hall–Kier alpha value is -4.08. The summed E-state index contributed by atoms with van der Waals surface area (Å²) < 4.78 is 44.3. The lowest BCUT2D eigenvalue weighted by Gasteiger charge is -2.11. The van der Waals surface area contributed by atoms with Crippen LogP contribution in [0.25, 0.3) is 11.2 Å². The summed E-state index contributed by atoms with van der Waals surface area (Å²) in [7, 11) is 0. The van der Waals surface area contributed by atoms with Crippen LogP contribution in [0.2, 0.25) is 0 Å². The number of rotatable bonds is 4. The first-order chi connectivity index (χ1) is 14.3. The molecule has 4 rings (SSSR count). The van der Waals surface area contributed by atoms with Crippen LogP contribution in [0, 0.1) is 0 Å². The number of aromatic amines is 2. The van der Waals surface area contributed by atoms with Crippen molar-refractivity contribution in [2.75, 3.05) is 5.32 Å². The van der Waals surface area contributed by atoms with Crippen LogP contribution in [0.15, 0.2) is 65.6 Å². The molecule has 1 amide bonds. The third kappa shape index (κ3) is 4.02. The van der Waals surface area contributed by atoms with Gasteiger partial charge in [0.15, 0.2) is 11.4 Å². The highest BCUT2D eigenvalue weighted by Crippen LogP contribution is 2.30. The van der Waals surface area contributed by atoms with Gasteiger partial charge in [-0.25, -0.2) is 9.78 Å². The van der Waals surface area contributed by atoms with Crippen molar-refractivity contribution in [1.82, 2.24) is 15.0 Å². The van der Waals surface area contributed by atoms with E-state index in [1.54, 1.807) is 24.3 Å². The number of fused-ring (bicyclic) bond motifs is 1. The predicted molar refractivity (Wildman–Crippen MR) is 103 cm³/mol. The third-order valence-corrected chi connectivity index (χ3v) is 4.16. The van der Waals surface area contributed by atoms with Crippen molar-refractivity contribution in [3.05, 3.63) is 82.4 Å². The number of H-pyrrole nitrogens is 2. The van der Waals surface area contributed by atoms with Gasteiger partial charge in [0, 0.05) is 29.6 Å². The molecule has 0 spiro atoms. The van der Waals surface area contributed by atoms with Gasteiger partial charge in [0.2, 0.25) is 0 Å². The fourth-order valence-corrected chi connectivity index (χ4v) is 2.80. The third-order valence-electron chi connectivity index (χ3n) is 4.16. The summed E-state index contributed by atoms with van der Waals surface area (Å²) in [6, 6.07) is 12.0. The number of carbonyl (C=O) groups excluding carboxylic acids is 1. The Labute approximate surface area is 166 Å². The highest BCUT2D eigenvalue weighted by molar-refractivity contribution is 6.04. The number of halogens is 3. The van der Waals surface area contributed by atoms with E-state index in [0.717, 1.165) is 12.1 Å². The van der Waals surface area contributed by atoms with Crippen LogP contribution in [0.3, 0.4) is 0 Å². The summed E-state index contributed by atoms with van der Waals surface area (Å²) in [5.74, 6) is -0.0226. The molecule has 0 aliphatic rings. The van der Waals surface area contributed by atoms with E-state index in [2.05, 4.69) is 20.3 Å². The van der Waals surface area contributed by atoms with Crippen molar-refractivity contribution in [1.29, 1.82) is 0 Å². The lowest BCUT2D eigenvalue weighted by atomic mass is 10.1. The van der Waals surface area contributed by atoms with Crippen molar-refractivity contribution >= 4 is 22.8 Å². The van der Waals surface area contributed by atoms with Crippen molar-refractivity contribution in [3.8, 4) is 11.5 Å². The summed E-state index contributed by atoms with van der Waals surface area (Å²) >= 11 is 0. The average Bonchev–Trinajstić information content (AvgIpc) is 3.09. The summed E-state index contributed by atoms with van der Waals surface area (Å²) in [6.07, 6.45) is -3.08. The zero-order valence-corrected chi connectivity index (χ0v) is 15.1. The molecule has 10 heteroatoms. The highest BCUT2D eigenvalue weighted by atomic mass is 19.4. The Balaban J connectivity index is 1.55. The Morgan fingerprint density at radius 2 is 1.83 bits per heavy atom. The first-order valence-electron chi connectivity index (χ1n) is 8.63. The Morgan fingerprint density at radius 3 is 2.63 bits per heavy atom. The lowest BCUT2D eigenvalue weighted by Crippen LogP contribution is -2.13. The smallest absolute Gasteiger partial charge is 0.416 e. The molecule has 30 heavy (non-hydrogen) atoms. The van der Waals surface area contributed by atoms with E-state index in [9.17, 15) is 22.8 Å². The van der Waals surface area contributed by atoms with E-state index in [4.69, 9.17) is 4.74 Å². The number of carbonyl (C=O) groups is 1. The molecule has 0 atom stereocenters. The molecule has 3 N–H and O–H groups in total. The number of hydrogen-bond acceptors (Lipinski definition) is 4. The summed E-state index contributed by atoms with van der Waals surface area (Å²) in [6.45, 7) is 0. The molecule has 2 aromatic heterocycles. The maximum absolute atomic E-state index is 12.9. The van der Waals surface area contributed by atoms with Crippen LogP contribution >= 0.6 is 0 Å². The topological polar surface area (TPSA) is 99.9 Å². The molecule has 0 bridgehead atoms. The predicted octanol–water partition coefficient (Wildman–Crippen LogP) is 4.31. The molecular weight excluding hydrogens is 401 g/mol. The highest BCUT2D eigenvalue weighted by Gasteiger charge is 2.30. The number of imidazole rings is 1. The SMILES string of the molecule is O=C(Nc1cccc(Oc2ccnc3[nH]c(=O)[nH]c23)c1)c1cccc(C(F)(F)F)c1. The fourth-order valence-electron chi connectivity index (χ4n) is 2.80. The number of nitrogens with one attached hydrogen (secondary N) is 3. The number of amides is 1. The number of aromatic nitrogens is 3. The molecular formula is C20H13F3N4O3. The standard InChI is InChI=1S/C20H13F3N4O3/c21-20(22,23)12-4-1-3-11(9-12)18(28)25-13-5-2-6-14(10-13)30-15-7-8-24-17-16(15)26-19(29)27-17/h1-10H,(H,25,28)(H2,24,26,27,29). The molecule has 0 unspecified atom stereocenters. The monoisotopic (exact) mass is 414 g/mol. The van der Waals surface area contributed by atoms with E-state index in [0.29, 0.717) is 28.4 Å². The number of benzene rings is 2. The molecule has 0 saturated heterocycles. The molecule has 0 fully saturated rings. The molecule has 0 radical (unpaired) electrons. The van der Waals surface area contributed by atoms with Crippen molar-refractivity contribution in [3.63, 3.8) is 0 Å². The summed E-state index contributed by atoms with van der Waals surface area (Å²) in [5.41, 5.74) is -0.447. The molecule has 7 nitrogen and oxygen atoms in total. The van der Waals surface area contributed by atoms with Crippen LogP contribution in [0.5, 0.6) is 11.5 Å². The minimum Gasteiger partial charge on any atom is -0.455 e. The zero-order valence-electron chi connectivity index (χ0n) is 15.1. The first kappa shape index (κ1) is 19.2. The number of alkyl halides is 3. The van der Waals surface area contributed by atoms with Gasteiger partial charge < -0.3 is 15.0 Å². The van der Waals surface area contributed by atoms with E-state index < -0.39 is 23.3 Å². The van der Waals surface area contributed by atoms with Crippen LogP contribution < -0.4 is 15.7 Å². The van der Waals surface area contributed by atoms with Gasteiger partial charge in [0.25, 0.3) is 5.91 Å². The second-order valence-corrected chi connectivity index (χ2v) is 6.27. The van der Waals surface area contributed by atoms with Crippen LogP contribution in [-0.4, -0.2) is 20.9 Å². The number of nitrogens with zero attached hydrogens (tertiary/aromatic N) is 1. The summed E-state index contributed by atoms with van der Waals surface area (Å²) in [5, 5.41) is 2.54. The van der Waals surface area contributed by atoms with Gasteiger partial charge in [0.1, 0.15) is 11.3 Å². The minimum atomic E-state index is -4.54. The number of pyridine rings is 1. The lowest BCUT2D eigenvalue weighted by molar-refractivity contribution is -0.137. The first-order valence-corrected chi connectivity index (χ1v) is 8.63. The van der Waals surface area contributed by atoms with Gasteiger partial charge >= 0.3 is 11.9 Å². The van der Waals surface area contributed by atoms with Crippen molar-refractivity contribution < 1.29 is 22.7 Å². The maximum Gasteiger partial charge on any atom is 0.416 e. The molecule has 0 saturated carbocycles. The molecule has 4 aromatic rings. The quantitative estimate of drug-likeness (QED) is 0.463. The molecule has 152 valence electrons. The van der Waals surface area contributed by atoms with E-state index in [1.165, 1.54) is 24.4 Å². The number of anilines is 1. The van der Waals surface area contributed by atoms with Gasteiger partial charge in [-0.2, -0.15) is 13.2 Å². The number of ether oxygens (including phenoxy) is 1. The van der Waals surface area contributed by atoms with Gasteiger partial charge in [-0.05, 0) is 30.3 Å². The van der Waals surface area contributed by atoms with Crippen molar-refractivity contribution in [2.24, 2.45) is 0 Å². The second-order valence-electron chi connectivity index (χ2n) is 6.27. The normalized spacial score (nSPS) is 11.4. The fraction of sp³-hybridized carbons (Fsp3) is 0.0500. The maximum atomic E-state index is 12.9. The Kier molecular flexibility index (Phi) is 4.74. The van der Waals surface area contributed by atoms with Crippen LogP contribution in [-0.2, 0) is 6.18 Å². The zero-order chi connectivity index (χ0) is 21.3. The van der Waals surface area contributed by atoms with Gasteiger partial charge in [-0.15, -0.1) is 0 Å². The molecule has 2 heterocycles. The summed E-state index contributed by atoms with van der Waals surface area (Å²) in [4.78, 5) is 32.9. The van der Waals surface area contributed by atoms with Gasteiger partial charge in [-0.3, -0.25) is 9.78 Å². The van der Waals surface area contributed by atoms with E-state index >= 15 is 0 Å². The largest absolute Gasteiger partial charge is 0.455 e. The second kappa shape index (κ2) is 7.39. The minimum absolute atomic E-state index is 0.128. The van der Waals surface area contributed by atoms with E-state index in [1.807, 2.05) is 0 Å². The molecule has 0 aliphatic heterocycles. The Bertz CT molecular complexity index is 1290. The van der Waals surface area contributed by atoms with Crippen molar-refractivity contribution in [2.45, 2.75) is 6.18 Å².